The standard InChI is InChI=1S/C26H26O5/c1-25(2)10-8-15-18(30-25)7-6-14-17-13-28-20-12-19-16(9-11-26(3,4)31-19)23(27-5)21(20)24(17)29-22(14)15/h6-12,17,24H,13H2,1-5H3/t17-,24+/m1/s1. The van der Waals surface area contributed by atoms with E-state index < -0.39 is 0 Å². The molecule has 5 nitrogen and oxygen atoms in total. The molecule has 0 saturated carbocycles. The fraction of sp³-hybridized carbons (Fsp3) is 0.385. The second-order valence-corrected chi connectivity index (χ2v) is 9.66. The molecule has 0 N–H and O–H groups in total. The Hall–Kier alpha value is -3.08. The summed E-state index contributed by atoms with van der Waals surface area (Å²) in [7, 11) is 1.69. The summed E-state index contributed by atoms with van der Waals surface area (Å²) in [4.78, 5) is 0. The van der Waals surface area contributed by atoms with E-state index in [0.29, 0.717) is 6.61 Å². The molecule has 0 aliphatic carbocycles. The zero-order chi connectivity index (χ0) is 21.5. The maximum atomic E-state index is 6.62. The third kappa shape index (κ3) is 2.68. The van der Waals surface area contributed by atoms with E-state index in [1.54, 1.807) is 7.11 Å². The predicted octanol–water partition coefficient (Wildman–Crippen LogP) is 5.67. The van der Waals surface area contributed by atoms with Crippen LogP contribution in [0.2, 0.25) is 0 Å². The normalized spacial score (nSPS) is 24.8. The van der Waals surface area contributed by atoms with Crippen molar-refractivity contribution < 1.29 is 23.7 Å². The number of ether oxygens (including phenoxy) is 5. The van der Waals surface area contributed by atoms with Crippen LogP contribution in [-0.4, -0.2) is 24.9 Å². The lowest BCUT2D eigenvalue weighted by Crippen LogP contribution is -2.29. The molecule has 4 aliphatic heterocycles. The molecule has 2 atom stereocenters. The van der Waals surface area contributed by atoms with E-state index in [0.717, 1.165) is 51.0 Å². The van der Waals surface area contributed by atoms with Gasteiger partial charge in [0.15, 0.2) is 0 Å². The molecule has 0 bridgehead atoms. The van der Waals surface area contributed by atoms with Gasteiger partial charge in [-0.3, -0.25) is 0 Å². The number of hydrogen-bond acceptors (Lipinski definition) is 5. The molecule has 4 heterocycles. The Balaban J connectivity index is 1.48. The zero-order valence-electron chi connectivity index (χ0n) is 18.4. The molecule has 2 aromatic carbocycles. The van der Waals surface area contributed by atoms with E-state index >= 15 is 0 Å². The molecule has 6 rings (SSSR count). The lowest BCUT2D eigenvalue weighted by atomic mass is 9.86. The summed E-state index contributed by atoms with van der Waals surface area (Å²) in [6, 6.07) is 6.13. The van der Waals surface area contributed by atoms with E-state index in [1.165, 1.54) is 0 Å². The first-order valence-corrected chi connectivity index (χ1v) is 10.7. The van der Waals surface area contributed by atoms with E-state index in [9.17, 15) is 0 Å². The average Bonchev–Trinajstić information content (AvgIpc) is 3.09. The molecule has 0 fully saturated rings. The van der Waals surface area contributed by atoms with E-state index in [4.69, 9.17) is 23.7 Å². The van der Waals surface area contributed by atoms with E-state index in [-0.39, 0.29) is 23.2 Å². The number of hydrogen-bond donors (Lipinski definition) is 0. The summed E-state index contributed by atoms with van der Waals surface area (Å²) in [6.45, 7) is 8.71. The minimum Gasteiger partial charge on any atom is -0.495 e. The van der Waals surface area contributed by atoms with Crippen molar-refractivity contribution in [2.75, 3.05) is 13.7 Å². The fourth-order valence-corrected chi connectivity index (χ4v) is 4.96. The van der Waals surface area contributed by atoms with Crippen molar-refractivity contribution in [3.05, 3.63) is 52.6 Å². The first kappa shape index (κ1) is 18.7. The number of fused-ring (bicyclic) bond motifs is 8. The highest BCUT2D eigenvalue weighted by molar-refractivity contribution is 5.75. The van der Waals surface area contributed by atoms with Gasteiger partial charge in [0.1, 0.15) is 46.1 Å². The van der Waals surface area contributed by atoms with Gasteiger partial charge < -0.3 is 23.7 Å². The largest absolute Gasteiger partial charge is 0.495 e. The van der Waals surface area contributed by atoms with Crippen LogP contribution in [0.4, 0.5) is 0 Å². The molecule has 0 aromatic heterocycles. The highest BCUT2D eigenvalue weighted by atomic mass is 16.5. The van der Waals surface area contributed by atoms with Crippen LogP contribution in [0.25, 0.3) is 12.2 Å². The molecule has 0 saturated heterocycles. The van der Waals surface area contributed by atoms with Gasteiger partial charge in [-0.25, -0.2) is 0 Å². The van der Waals surface area contributed by atoms with Crippen molar-refractivity contribution >= 4 is 12.2 Å². The highest BCUT2D eigenvalue weighted by Crippen LogP contribution is 2.58. The van der Waals surface area contributed by atoms with Gasteiger partial charge in [0.2, 0.25) is 0 Å². The molecular weight excluding hydrogens is 392 g/mol. The molecule has 0 spiro atoms. The molecule has 2 aromatic rings. The Labute approximate surface area is 182 Å². The maximum absolute atomic E-state index is 6.62. The molecular formula is C26H26O5. The fourth-order valence-electron chi connectivity index (χ4n) is 4.96. The summed E-state index contributed by atoms with van der Waals surface area (Å²) >= 11 is 0. The van der Waals surface area contributed by atoms with Crippen LogP contribution in [0, 0.1) is 0 Å². The first-order chi connectivity index (χ1) is 14.8. The first-order valence-electron chi connectivity index (χ1n) is 10.7. The third-order valence-corrected chi connectivity index (χ3v) is 6.43. The van der Waals surface area contributed by atoms with Gasteiger partial charge in [-0.15, -0.1) is 0 Å². The van der Waals surface area contributed by atoms with Crippen molar-refractivity contribution in [3.63, 3.8) is 0 Å². The molecule has 0 unspecified atom stereocenters. The topological polar surface area (TPSA) is 46.2 Å². The lowest BCUT2D eigenvalue weighted by Gasteiger charge is -2.34. The van der Waals surface area contributed by atoms with E-state index in [2.05, 4.69) is 44.2 Å². The SMILES string of the molecule is COc1c2c(cc3c1[C@H]1Oc4c(ccc5c4C=CC(C)(C)O5)[C@H]1CO3)OC(C)(C)C=C2. The Bertz CT molecular complexity index is 1170. The highest BCUT2D eigenvalue weighted by Gasteiger charge is 2.45. The molecule has 160 valence electrons. The summed E-state index contributed by atoms with van der Waals surface area (Å²) in [5.41, 5.74) is 3.31. The number of rotatable bonds is 1. The van der Waals surface area contributed by atoms with Crippen molar-refractivity contribution in [1.29, 1.82) is 0 Å². The van der Waals surface area contributed by atoms with Crippen molar-refractivity contribution in [2.24, 2.45) is 0 Å². The van der Waals surface area contributed by atoms with Crippen LogP contribution < -0.4 is 23.7 Å². The van der Waals surface area contributed by atoms with Gasteiger partial charge in [-0.2, -0.15) is 0 Å². The van der Waals surface area contributed by atoms with Gasteiger partial charge in [-0.05, 0) is 58.1 Å². The van der Waals surface area contributed by atoms with Crippen molar-refractivity contribution in [3.8, 4) is 28.7 Å². The zero-order valence-corrected chi connectivity index (χ0v) is 18.4. The van der Waals surface area contributed by atoms with Crippen LogP contribution in [0.5, 0.6) is 28.7 Å². The van der Waals surface area contributed by atoms with Gasteiger partial charge >= 0.3 is 0 Å². The van der Waals surface area contributed by atoms with Gasteiger partial charge in [0, 0.05) is 11.6 Å². The minimum atomic E-state index is -0.372. The smallest absolute Gasteiger partial charge is 0.141 e. The van der Waals surface area contributed by atoms with Crippen LogP contribution in [0.3, 0.4) is 0 Å². The van der Waals surface area contributed by atoms with Crippen LogP contribution in [0.1, 0.15) is 62.0 Å². The Kier molecular flexibility index (Phi) is 3.61. The molecule has 0 amide bonds. The van der Waals surface area contributed by atoms with Crippen LogP contribution >= 0.6 is 0 Å². The third-order valence-electron chi connectivity index (χ3n) is 6.43. The molecule has 4 aliphatic rings. The lowest BCUT2D eigenvalue weighted by molar-refractivity contribution is 0.129. The quantitative estimate of drug-likeness (QED) is 0.597. The average molecular weight is 418 g/mol. The van der Waals surface area contributed by atoms with Crippen LogP contribution in [0.15, 0.2) is 30.4 Å². The molecule has 31 heavy (non-hydrogen) atoms. The number of benzene rings is 2. The Morgan fingerprint density at radius 3 is 2.35 bits per heavy atom. The van der Waals surface area contributed by atoms with Crippen LogP contribution in [-0.2, 0) is 0 Å². The second kappa shape index (κ2) is 6.00. The number of methoxy groups -OCH3 is 1. The monoisotopic (exact) mass is 418 g/mol. The molecule has 5 heteroatoms. The maximum Gasteiger partial charge on any atom is 0.141 e. The summed E-state index contributed by atoms with van der Waals surface area (Å²) in [6.07, 6.45) is 8.13. The predicted molar refractivity (Wildman–Crippen MR) is 119 cm³/mol. The van der Waals surface area contributed by atoms with Gasteiger partial charge in [0.05, 0.1) is 36.3 Å². The van der Waals surface area contributed by atoms with E-state index in [1.807, 2.05) is 26.0 Å². The van der Waals surface area contributed by atoms with Gasteiger partial charge in [0.25, 0.3) is 0 Å². The van der Waals surface area contributed by atoms with Crippen molar-refractivity contribution in [2.45, 2.75) is 50.9 Å². The summed E-state index contributed by atoms with van der Waals surface area (Å²) in [5, 5.41) is 0. The summed E-state index contributed by atoms with van der Waals surface area (Å²) in [5.74, 6) is 4.10. The minimum absolute atomic E-state index is 0.0908. The molecule has 0 radical (unpaired) electrons. The summed E-state index contributed by atoms with van der Waals surface area (Å²) < 4.78 is 31.1. The second-order valence-electron chi connectivity index (χ2n) is 9.66. The van der Waals surface area contributed by atoms with Crippen molar-refractivity contribution in [1.82, 2.24) is 0 Å². The Morgan fingerprint density at radius 1 is 0.903 bits per heavy atom. The Morgan fingerprint density at radius 2 is 1.61 bits per heavy atom. The van der Waals surface area contributed by atoms with Gasteiger partial charge in [-0.1, -0.05) is 6.07 Å².